The van der Waals surface area contributed by atoms with E-state index >= 15 is 0 Å². The molecule has 0 amide bonds. The molecule has 29 heavy (non-hydrogen) atoms. The molecule has 3 fully saturated rings. The van der Waals surface area contributed by atoms with Gasteiger partial charge in [0.15, 0.2) is 0 Å². The van der Waals surface area contributed by atoms with Crippen LogP contribution in [0.1, 0.15) is 69.3 Å². The summed E-state index contributed by atoms with van der Waals surface area (Å²) in [5, 5.41) is -0.173. The summed E-state index contributed by atoms with van der Waals surface area (Å²) in [5.74, 6) is 2.09. The zero-order valence-electron chi connectivity index (χ0n) is 17.1. The van der Waals surface area contributed by atoms with Crippen LogP contribution >= 0.6 is 0 Å². The van der Waals surface area contributed by atoms with Gasteiger partial charge in [-0.15, -0.1) is 0 Å². The van der Waals surface area contributed by atoms with Crippen LogP contribution in [0.3, 0.4) is 0 Å². The molecule has 0 radical (unpaired) electrons. The number of sulfonamides is 1. The van der Waals surface area contributed by atoms with Crippen LogP contribution in [0.5, 0.6) is 5.75 Å². The Hall–Kier alpha value is -1.11. The molecule has 2 aliphatic heterocycles. The van der Waals surface area contributed by atoms with Crippen molar-refractivity contribution in [2.45, 2.75) is 81.1 Å². The number of hydrogen-bond acceptors (Lipinski definition) is 4. The Kier molecular flexibility index (Phi) is 5.61. The Morgan fingerprint density at radius 3 is 2.48 bits per heavy atom. The molecule has 2 bridgehead atoms. The van der Waals surface area contributed by atoms with E-state index in [1.165, 1.54) is 5.56 Å². The summed E-state index contributed by atoms with van der Waals surface area (Å²) < 4.78 is 41.1. The second-order valence-electron chi connectivity index (χ2n) is 9.48. The van der Waals surface area contributed by atoms with Crippen molar-refractivity contribution in [1.29, 1.82) is 0 Å². The van der Waals surface area contributed by atoms with E-state index in [1.54, 1.807) is 0 Å². The summed E-state index contributed by atoms with van der Waals surface area (Å²) in [4.78, 5) is 0. The van der Waals surface area contributed by atoms with Crippen molar-refractivity contribution < 1.29 is 17.9 Å². The highest BCUT2D eigenvalue weighted by Gasteiger charge is 2.42. The summed E-state index contributed by atoms with van der Waals surface area (Å²) in [5.41, 5.74) is 1.34. The average Bonchev–Trinajstić information content (AvgIpc) is 3.57. The maximum atomic E-state index is 12.6. The zero-order valence-corrected chi connectivity index (χ0v) is 17.9. The lowest BCUT2D eigenvalue weighted by molar-refractivity contribution is -0.0298. The van der Waals surface area contributed by atoms with E-state index < -0.39 is 10.0 Å². The molecule has 6 rings (SSSR count). The number of nitrogens with one attached hydrogen (secondary N) is 1. The maximum absolute atomic E-state index is 12.6. The van der Waals surface area contributed by atoms with Crippen molar-refractivity contribution in [3.63, 3.8) is 0 Å². The lowest BCUT2D eigenvalue weighted by atomic mass is 9.76. The third-order valence-electron chi connectivity index (χ3n) is 7.50. The molecular formula is C23H33NO4S. The van der Waals surface area contributed by atoms with Gasteiger partial charge in [0.2, 0.25) is 10.0 Å². The Bertz CT molecular complexity index is 814. The topological polar surface area (TPSA) is 64.6 Å². The summed E-state index contributed by atoms with van der Waals surface area (Å²) in [7, 11) is -3.19. The van der Waals surface area contributed by atoms with E-state index in [9.17, 15) is 8.42 Å². The van der Waals surface area contributed by atoms with Crippen LogP contribution < -0.4 is 9.46 Å². The second-order valence-corrected chi connectivity index (χ2v) is 11.5. The van der Waals surface area contributed by atoms with Gasteiger partial charge >= 0.3 is 0 Å². The second kappa shape index (κ2) is 8.20. The highest BCUT2D eigenvalue weighted by atomic mass is 32.2. The molecule has 6 heteroatoms. The van der Waals surface area contributed by atoms with Crippen molar-refractivity contribution in [3.8, 4) is 5.75 Å². The minimum absolute atomic E-state index is 0.0301. The van der Waals surface area contributed by atoms with Crippen molar-refractivity contribution in [2.24, 2.45) is 11.8 Å². The maximum Gasteiger partial charge on any atom is 0.214 e. The summed E-state index contributed by atoms with van der Waals surface area (Å²) >= 11 is 0. The normalized spacial score (nSPS) is 35.5. The van der Waals surface area contributed by atoms with E-state index in [4.69, 9.17) is 9.47 Å². The van der Waals surface area contributed by atoms with Crippen molar-refractivity contribution in [2.75, 3.05) is 13.2 Å². The van der Waals surface area contributed by atoms with Crippen LogP contribution in [-0.4, -0.2) is 39.0 Å². The van der Waals surface area contributed by atoms with E-state index in [0.29, 0.717) is 31.2 Å². The van der Waals surface area contributed by atoms with Gasteiger partial charge in [-0.2, -0.15) is 0 Å². The first-order valence-electron chi connectivity index (χ1n) is 11.4. The van der Waals surface area contributed by atoms with Gasteiger partial charge in [-0.25, -0.2) is 13.1 Å². The molecular weight excluding hydrogens is 386 g/mol. The summed E-state index contributed by atoms with van der Waals surface area (Å²) in [6.45, 7) is 1.28. The Morgan fingerprint density at radius 1 is 0.897 bits per heavy atom. The first-order chi connectivity index (χ1) is 14.1. The highest BCUT2D eigenvalue weighted by molar-refractivity contribution is 7.90. The van der Waals surface area contributed by atoms with E-state index in [2.05, 4.69) is 29.0 Å². The number of rotatable bonds is 3. The standard InChI is InChI=1S/C23H33NO4S/c25-29(26,19-12-13-19)24-22-6-3-4-17-14-28-23-7-2-1-5-20(23)16-8-10-18(11-9-16)27-15-21(17)22/h1-2,5,7,16-19,21-22,24H,3-4,6,8-15H2/t16-,17?,18+,21-,22+/m1/s1. The quantitative estimate of drug-likeness (QED) is 0.805. The van der Waals surface area contributed by atoms with Crippen LogP contribution in [0.2, 0.25) is 0 Å². The Balaban J connectivity index is 1.39. The lowest BCUT2D eigenvalue weighted by Gasteiger charge is -2.40. The average molecular weight is 420 g/mol. The molecule has 0 spiro atoms. The first kappa shape index (κ1) is 19.8. The smallest absolute Gasteiger partial charge is 0.214 e. The van der Waals surface area contributed by atoms with Gasteiger partial charge < -0.3 is 9.47 Å². The molecule has 3 saturated carbocycles. The predicted octanol–water partition coefficient (Wildman–Crippen LogP) is 3.99. The molecule has 3 atom stereocenters. The van der Waals surface area contributed by atoms with E-state index in [1.807, 2.05) is 0 Å². The zero-order chi connectivity index (χ0) is 19.8. The van der Waals surface area contributed by atoms with E-state index in [-0.39, 0.29) is 17.2 Å². The van der Waals surface area contributed by atoms with Crippen LogP contribution in [0.25, 0.3) is 0 Å². The van der Waals surface area contributed by atoms with Crippen molar-refractivity contribution >= 4 is 10.0 Å². The lowest BCUT2D eigenvalue weighted by Crippen LogP contribution is -2.49. The largest absolute Gasteiger partial charge is 0.493 e. The predicted molar refractivity (Wildman–Crippen MR) is 113 cm³/mol. The van der Waals surface area contributed by atoms with E-state index in [0.717, 1.165) is 63.5 Å². The Labute approximate surface area is 174 Å². The fraction of sp³-hybridized carbons (Fsp3) is 0.739. The molecule has 1 aromatic rings. The van der Waals surface area contributed by atoms with Gasteiger partial charge in [-0.05, 0) is 74.8 Å². The molecule has 2 heterocycles. The van der Waals surface area contributed by atoms with Gasteiger partial charge in [0, 0.05) is 12.0 Å². The fourth-order valence-electron chi connectivity index (χ4n) is 5.58. The minimum atomic E-state index is -3.19. The van der Waals surface area contributed by atoms with Gasteiger partial charge in [-0.3, -0.25) is 0 Å². The molecule has 0 saturated heterocycles. The van der Waals surface area contributed by atoms with Crippen molar-refractivity contribution in [1.82, 2.24) is 4.72 Å². The minimum Gasteiger partial charge on any atom is -0.493 e. The van der Waals surface area contributed by atoms with Crippen LogP contribution in [0.4, 0.5) is 0 Å². The molecule has 1 N–H and O–H groups in total. The molecule has 1 unspecified atom stereocenters. The Morgan fingerprint density at radius 2 is 1.69 bits per heavy atom. The monoisotopic (exact) mass is 419 g/mol. The number of benzene rings is 1. The SMILES string of the molecule is O=S(=O)(N[C@H]1CCCC2COc3ccccc3[C@H]3CC[C@H](CC3)OC[C@H]21)C1CC1. The van der Waals surface area contributed by atoms with Crippen LogP contribution in [0.15, 0.2) is 24.3 Å². The number of hydrogen-bond donors (Lipinski definition) is 1. The van der Waals surface area contributed by atoms with Gasteiger partial charge in [0.25, 0.3) is 0 Å². The number of para-hydroxylation sites is 1. The number of ether oxygens (including phenoxy) is 2. The summed E-state index contributed by atoms with van der Waals surface area (Å²) in [6, 6.07) is 8.47. The van der Waals surface area contributed by atoms with Crippen LogP contribution in [0, 0.1) is 11.8 Å². The molecule has 3 aliphatic carbocycles. The van der Waals surface area contributed by atoms with Crippen LogP contribution in [-0.2, 0) is 14.8 Å². The third kappa shape index (κ3) is 4.35. The molecule has 0 aromatic heterocycles. The molecule has 1 aromatic carbocycles. The first-order valence-corrected chi connectivity index (χ1v) is 13.0. The molecule has 5 nitrogen and oxygen atoms in total. The fourth-order valence-corrected chi connectivity index (χ4v) is 7.25. The molecule has 160 valence electrons. The number of fused-ring (bicyclic) bond motifs is 4. The van der Waals surface area contributed by atoms with Gasteiger partial charge in [-0.1, -0.05) is 24.6 Å². The van der Waals surface area contributed by atoms with Gasteiger partial charge in [0.1, 0.15) is 5.75 Å². The highest BCUT2D eigenvalue weighted by Crippen LogP contribution is 2.41. The molecule has 5 aliphatic rings. The van der Waals surface area contributed by atoms with Gasteiger partial charge in [0.05, 0.1) is 24.6 Å². The summed E-state index contributed by atoms with van der Waals surface area (Å²) in [6.07, 6.45) is 9.35. The third-order valence-corrected chi connectivity index (χ3v) is 9.48. The van der Waals surface area contributed by atoms with Crippen molar-refractivity contribution in [3.05, 3.63) is 29.8 Å².